The maximum absolute atomic E-state index is 11.9. The van der Waals surface area contributed by atoms with Crippen LogP contribution in [0.15, 0.2) is 30.3 Å². The molecule has 0 unspecified atom stereocenters. The van der Waals surface area contributed by atoms with E-state index in [4.69, 9.17) is 0 Å². The van der Waals surface area contributed by atoms with E-state index >= 15 is 0 Å². The van der Waals surface area contributed by atoms with Gasteiger partial charge in [0.2, 0.25) is 5.13 Å². The molecule has 0 aliphatic heterocycles. The van der Waals surface area contributed by atoms with E-state index in [0.29, 0.717) is 10.7 Å². The Morgan fingerprint density at radius 1 is 1.26 bits per heavy atom. The summed E-state index contributed by atoms with van der Waals surface area (Å²) in [5.74, 6) is -0.164. The van der Waals surface area contributed by atoms with Crippen molar-refractivity contribution in [1.82, 2.24) is 15.1 Å². The molecule has 2 rings (SSSR count). The summed E-state index contributed by atoms with van der Waals surface area (Å²) < 4.78 is 0. The fraction of sp³-hybridized carbons (Fsp3) is 0.250. The third kappa shape index (κ3) is 4.59. The molecule has 0 fully saturated rings. The van der Waals surface area contributed by atoms with Crippen molar-refractivity contribution >= 4 is 34.8 Å². The number of nitrogens with one attached hydrogen (secondary N) is 1. The quantitative estimate of drug-likeness (QED) is 0.941. The van der Waals surface area contributed by atoms with Gasteiger partial charge < -0.3 is 4.90 Å². The summed E-state index contributed by atoms with van der Waals surface area (Å²) in [5, 5.41) is 12.1. The van der Waals surface area contributed by atoms with E-state index in [1.54, 1.807) is 12.1 Å². The zero-order valence-electron chi connectivity index (χ0n) is 10.7. The Labute approximate surface area is 122 Å². The van der Waals surface area contributed by atoms with Gasteiger partial charge in [0.05, 0.1) is 6.54 Å². The molecule has 2 aromatic rings. The molecule has 0 atom stereocenters. The van der Waals surface area contributed by atoms with Crippen LogP contribution in [-0.4, -0.2) is 35.1 Å². The molecule has 0 aliphatic rings. The molecule has 1 aromatic carbocycles. The van der Waals surface area contributed by atoms with E-state index in [-0.39, 0.29) is 18.3 Å². The van der Waals surface area contributed by atoms with Gasteiger partial charge in [-0.05, 0) is 26.2 Å². The smallest absolute Gasteiger partial charge is 0.257 e. The fourth-order valence-electron chi connectivity index (χ4n) is 1.40. The first-order chi connectivity index (χ1) is 8.65. The van der Waals surface area contributed by atoms with Crippen molar-refractivity contribution in [2.45, 2.75) is 6.54 Å². The highest BCUT2D eigenvalue weighted by Gasteiger charge is 2.09. The van der Waals surface area contributed by atoms with Crippen LogP contribution in [0, 0.1) is 0 Å². The number of rotatable bonds is 4. The summed E-state index contributed by atoms with van der Waals surface area (Å²) in [7, 11) is 3.92. The zero-order valence-corrected chi connectivity index (χ0v) is 12.3. The first kappa shape index (κ1) is 15.6. The highest BCUT2D eigenvalue weighted by molar-refractivity contribution is 7.15. The van der Waals surface area contributed by atoms with Crippen LogP contribution < -0.4 is 5.32 Å². The molecule has 102 valence electrons. The van der Waals surface area contributed by atoms with Gasteiger partial charge >= 0.3 is 0 Å². The van der Waals surface area contributed by atoms with Crippen LogP contribution in [0.5, 0.6) is 0 Å². The molecule has 0 saturated heterocycles. The number of carbonyl (C=O) groups is 1. The lowest BCUT2D eigenvalue weighted by Crippen LogP contribution is -2.11. The molecule has 5 nitrogen and oxygen atoms in total. The van der Waals surface area contributed by atoms with Gasteiger partial charge in [-0.15, -0.1) is 22.6 Å². The molecule has 19 heavy (non-hydrogen) atoms. The Balaban J connectivity index is 0.00000180. The van der Waals surface area contributed by atoms with E-state index in [1.165, 1.54) is 11.3 Å². The molecular weight excluding hydrogens is 284 g/mol. The van der Waals surface area contributed by atoms with Crippen molar-refractivity contribution in [3.8, 4) is 0 Å². The standard InChI is InChI=1S/C12H14N4OS.ClH/c1-16(2)8-10-14-15-12(18-10)13-11(17)9-6-4-3-5-7-9;/h3-7H,8H2,1-2H3,(H,13,15,17);1H. The summed E-state index contributed by atoms with van der Waals surface area (Å²) >= 11 is 1.39. The van der Waals surface area contributed by atoms with Gasteiger partial charge in [-0.3, -0.25) is 10.1 Å². The second-order valence-electron chi connectivity index (χ2n) is 4.06. The monoisotopic (exact) mass is 298 g/mol. The van der Waals surface area contributed by atoms with Crippen LogP contribution in [0.25, 0.3) is 0 Å². The average Bonchev–Trinajstić information content (AvgIpc) is 2.76. The predicted molar refractivity (Wildman–Crippen MR) is 78.9 cm³/mol. The van der Waals surface area contributed by atoms with Crippen LogP contribution in [0.4, 0.5) is 5.13 Å². The minimum absolute atomic E-state index is 0. The van der Waals surface area contributed by atoms with E-state index in [2.05, 4.69) is 15.5 Å². The number of benzene rings is 1. The van der Waals surface area contributed by atoms with Crippen molar-refractivity contribution in [2.75, 3.05) is 19.4 Å². The molecule has 0 saturated carbocycles. The van der Waals surface area contributed by atoms with E-state index in [9.17, 15) is 4.79 Å². The largest absolute Gasteiger partial charge is 0.303 e. The maximum atomic E-state index is 11.9. The first-order valence-corrected chi connectivity index (χ1v) is 6.30. The summed E-state index contributed by atoms with van der Waals surface area (Å²) in [4.78, 5) is 13.9. The minimum Gasteiger partial charge on any atom is -0.303 e. The summed E-state index contributed by atoms with van der Waals surface area (Å²) in [5.41, 5.74) is 0.613. The fourth-order valence-corrected chi connectivity index (χ4v) is 2.25. The molecule has 1 heterocycles. The SMILES string of the molecule is CN(C)Cc1nnc(NC(=O)c2ccccc2)s1.Cl. The predicted octanol–water partition coefficient (Wildman–Crippen LogP) is 2.27. The first-order valence-electron chi connectivity index (χ1n) is 5.48. The number of hydrogen-bond donors (Lipinski definition) is 1. The van der Waals surface area contributed by atoms with Gasteiger partial charge in [0.1, 0.15) is 5.01 Å². The lowest BCUT2D eigenvalue weighted by molar-refractivity contribution is 0.102. The lowest BCUT2D eigenvalue weighted by Gasteiger charge is -2.04. The molecule has 1 amide bonds. The summed E-state index contributed by atoms with van der Waals surface area (Å²) in [6.45, 7) is 0.721. The van der Waals surface area contributed by atoms with Gasteiger partial charge in [0.15, 0.2) is 0 Å². The zero-order chi connectivity index (χ0) is 13.0. The number of nitrogens with zero attached hydrogens (tertiary/aromatic N) is 3. The molecule has 7 heteroatoms. The van der Waals surface area contributed by atoms with Crippen molar-refractivity contribution in [1.29, 1.82) is 0 Å². The van der Waals surface area contributed by atoms with Crippen LogP contribution >= 0.6 is 23.7 Å². The Bertz CT molecular complexity index is 530. The van der Waals surface area contributed by atoms with E-state index in [1.807, 2.05) is 37.2 Å². The van der Waals surface area contributed by atoms with Crippen molar-refractivity contribution in [2.24, 2.45) is 0 Å². The molecule has 0 aliphatic carbocycles. The lowest BCUT2D eigenvalue weighted by atomic mass is 10.2. The molecule has 1 aromatic heterocycles. The third-order valence-electron chi connectivity index (χ3n) is 2.17. The highest BCUT2D eigenvalue weighted by Crippen LogP contribution is 2.17. The molecule has 0 spiro atoms. The summed E-state index contributed by atoms with van der Waals surface area (Å²) in [6.07, 6.45) is 0. The number of aromatic nitrogens is 2. The van der Waals surface area contributed by atoms with Gasteiger partial charge in [-0.2, -0.15) is 0 Å². The Hall–Kier alpha value is -1.50. The van der Waals surface area contributed by atoms with Gasteiger partial charge in [0, 0.05) is 5.56 Å². The Morgan fingerprint density at radius 3 is 2.58 bits per heavy atom. The molecule has 0 radical (unpaired) electrons. The van der Waals surface area contributed by atoms with Gasteiger partial charge in [-0.1, -0.05) is 29.5 Å². The van der Waals surface area contributed by atoms with Gasteiger partial charge in [0.25, 0.3) is 5.91 Å². The number of hydrogen-bond acceptors (Lipinski definition) is 5. The normalized spacial score (nSPS) is 10.1. The van der Waals surface area contributed by atoms with Crippen LogP contribution in [0.3, 0.4) is 0 Å². The maximum Gasteiger partial charge on any atom is 0.257 e. The number of amides is 1. The average molecular weight is 299 g/mol. The second kappa shape index (κ2) is 7.18. The van der Waals surface area contributed by atoms with E-state index < -0.39 is 0 Å². The molecule has 0 bridgehead atoms. The van der Waals surface area contributed by atoms with Gasteiger partial charge in [-0.25, -0.2) is 0 Å². The topological polar surface area (TPSA) is 58.1 Å². The van der Waals surface area contributed by atoms with Crippen molar-refractivity contribution in [3.63, 3.8) is 0 Å². The second-order valence-corrected chi connectivity index (χ2v) is 5.12. The van der Waals surface area contributed by atoms with E-state index in [0.717, 1.165) is 11.6 Å². The number of anilines is 1. The summed E-state index contributed by atoms with van der Waals surface area (Å²) in [6, 6.07) is 9.05. The minimum atomic E-state index is -0.164. The Morgan fingerprint density at radius 2 is 1.95 bits per heavy atom. The Kier molecular flexibility index (Phi) is 5.88. The van der Waals surface area contributed by atoms with Crippen LogP contribution in [0.2, 0.25) is 0 Å². The van der Waals surface area contributed by atoms with Crippen LogP contribution in [0.1, 0.15) is 15.4 Å². The van der Waals surface area contributed by atoms with Crippen molar-refractivity contribution < 1.29 is 4.79 Å². The highest BCUT2D eigenvalue weighted by atomic mass is 35.5. The molecular formula is C12H15ClN4OS. The molecule has 1 N–H and O–H groups in total. The third-order valence-corrected chi connectivity index (χ3v) is 3.00. The number of carbonyl (C=O) groups excluding carboxylic acids is 1. The number of halogens is 1. The van der Waals surface area contributed by atoms with Crippen LogP contribution in [-0.2, 0) is 6.54 Å². The van der Waals surface area contributed by atoms with Crippen molar-refractivity contribution in [3.05, 3.63) is 40.9 Å².